The zero-order valence-electron chi connectivity index (χ0n) is 10.2. The Labute approximate surface area is 114 Å². The number of Topliss-reactive ketones (excluding diaryl/α,β-unsaturated/α-hetero) is 1. The summed E-state index contributed by atoms with van der Waals surface area (Å²) >= 11 is 3.21. The lowest BCUT2D eigenvalue weighted by Crippen LogP contribution is -2.15. The summed E-state index contributed by atoms with van der Waals surface area (Å²) in [7, 11) is 0. The highest BCUT2D eigenvalue weighted by Crippen LogP contribution is 2.31. The molecule has 2 unspecified atom stereocenters. The van der Waals surface area contributed by atoms with Crippen molar-refractivity contribution in [3.8, 4) is 0 Å². The SMILES string of the molecule is CCc1ccc(C(Br)C(C)=O)c(C(O)C(=O)O)c1. The molecule has 0 aromatic heterocycles. The molecule has 0 saturated heterocycles. The number of halogens is 1. The molecule has 1 aromatic rings. The van der Waals surface area contributed by atoms with Crippen molar-refractivity contribution < 1.29 is 19.8 Å². The lowest BCUT2D eigenvalue weighted by molar-refractivity contribution is -0.147. The van der Waals surface area contributed by atoms with Gasteiger partial charge in [-0.05, 0) is 30.0 Å². The molecule has 0 spiro atoms. The topological polar surface area (TPSA) is 74.6 Å². The van der Waals surface area contributed by atoms with E-state index >= 15 is 0 Å². The van der Waals surface area contributed by atoms with Gasteiger partial charge in [-0.25, -0.2) is 4.79 Å². The number of aliphatic carboxylic acids is 1. The van der Waals surface area contributed by atoms with Crippen LogP contribution in [0.5, 0.6) is 0 Å². The van der Waals surface area contributed by atoms with Crippen LogP contribution in [0.2, 0.25) is 0 Å². The number of carboxylic acid groups (broad SMARTS) is 1. The maximum absolute atomic E-state index is 11.4. The van der Waals surface area contributed by atoms with Gasteiger partial charge >= 0.3 is 5.97 Å². The molecule has 0 saturated carbocycles. The fourth-order valence-electron chi connectivity index (χ4n) is 1.66. The molecule has 0 aliphatic heterocycles. The van der Waals surface area contributed by atoms with E-state index in [0.29, 0.717) is 5.56 Å². The standard InChI is InChI=1S/C13H15BrO4/c1-3-8-4-5-9(11(14)7(2)15)10(6-8)12(16)13(17)18/h4-6,11-12,16H,3H2,1-2H3,(H,17,18). The first-order valence-electron chi connectivity index (χ1n) is 5.56. The highest BCUT2D eigenvalue weighted by atomic mass is 79.9. The third kappa shape index (κ3) is 3.17. The number of aliphatic hydroxyl groups excluding tert-OH is 1. The molecule has 0 heterocycles. The number of carbonyl (C=O) groups excluding carboxylic acids is 1. The summed E-state index contributed by atoms with van der Waals surface area (Å²) in [6, 6.07) is 5.14. The van der Waals surface area contributed by atoms with Gasteiger partial charge in [0.2, 0.25) is 0 Å². The average Bonchev–Trinajstić information content (AvgIpc) is 2.35. The number of hydrogen-bond donors (Lipinski definition) is 2. The van der Waals surface area contributed by atoms with Gasteiger partial charge in [-0.2, -0.15) is 0 Å². The number of rotatable bonds is 5. The van der Waals surface area contributed by atoms with Crippen molar-refractivity contribution in [1.29, 1.82) is 0 Å². The maximum atomic E-state index is 11.4. The molecule has 1 aromatic carbocycles. The number of carboxylic acids is 1. The van der Waals surface area contributed by atoms with Gasteiger partial charge in [-0.1, -0.05) is 41.1 Å². The molecular formula is C13H15BrO4. The molecule has 0 amide bonds. The van der Waals surface area contributed by atoms with Gasteiger partial charge in [0, 0.05) is 0 Å². The summed E-state index contributed by atoms with van der Waals surface area (Å²) in [6.45, 7) is 3.34. The largest absolute Gasteiger partial charge is 0.479 e. The van der Waals surface area contributed by atoms with E-state index in [2.05, 4.69) is 15.9 Å². The molecule has 0 fully saturated rings. The predicted octanol–water partition coefficient (Wildman–Crippen LogP) is 2.39. The van der Waals surface area contributed by atoms with Crippen molar-refractivity contribution in [3.05, 3.63) is 34.9 Å². The molecule has 18 heavy (non-hydrogen) atoms. The summed E-state index contributed by atoms with van der Waals surface area (Å²) in [6.07, 6.45) is -0.891. The van der Waals surface area contributed by atoms with E-state index in [1.165, 1.54) is 6.92 Å². The van der Waals surface area contributed by atoms with Crippen LogP contribution in [0.25, 0.3) is 0 Å². The van der Waals surface area contributed by atoms with E-state index < -0.39 is 16.9 Å². The van der Waals surface area contributed by atoms with E-state index in [1.54, 1.807) is 12.1 Å². The van der Waals surface area contributed by atoms with Gasteiger partial charge in [-0.3, -0.25) is 4.79 Å². The van der Waals surface area contributed by atoms with Gasteiger partial charge in [0.05, 0.1) is 4.83 Å². The van der Waals surface area contributed by atoms with Gasteiger partial charge in [0.1, 0.15) is 5.78 Å². The molecule has 98 valence electrons. The second-order valence-electron chi connectivity index (χ2n) is 4.03. The van der Waals surface area contributed by atoms with Crippen LogP contribution in [0.3, 0.4) is 0 Å². The van der Waals surface area contributed by atoms with Gasteiger partial charge in [0.15, 0.2) is 6.10 Å². The zero-order valence-corrected chi connectivity index (χ0v) is 11.8. The van der Waals surface area contributed by atoms with Gasteiger partial charge in [0.25, 0.3) is 0 Å². The highest BCUT2D eigenvalue weighted by molar-refractivity contribution is 9.09. The maximum Gasteiger partial charge on any atom is 0.337 e. The van der Waals surface area contributed by atoms with Crippen LogP contribution < -0.4 is 0 Å². The Morgan fingerprint density at radius 2 is 1.94 bits per heavy atom. The van der Waals surface area contributed by atoms with E-state index in [0.717, 1.165) is 12.0 Å². The first-order chi connectivity index (χ1) is 8.38. The minimum atomic E-state index is -1.62. The van der Waals surface area contributed by atoms with Crippen LogP contribution in [0.15, 0.2) is 18.2 Å². The molecule has 5 heteroatoms. The van der Waals surface area contributed by atoms with Crippen molar-refractivity contribution in [2.24, 2.45) is 0 Å². The van der Waals surface area contributed by atoms with Crippen LogP contribution in [-0.4, -0.2) is 22.0 Å². The summed E-state index contributed by atoms with van der Waals surface area (Å²) in [5, 5.41) is 18.6. The quantitative estimate of drug-likeness (QED) is 0.818. The monoisotopic (exact) mass is 314 g/mol. The van der Waals surface area contributed by atoms with Crippen molar-refractivity contribution in [1.82, 2.24) is 0 Å². The number of benzene rings is 1. The molecule has 1 rings (SSSR count). The second-order valence-corrected chi connectivity index (χ2v) is 4.95. The minimum absolute atomic E-state index is 0.141. The fraction of sp³-hybridized carbons (Fsp3) is 0.385. The summed E-state index contributed by atoms with van der Waals surface area (Å²) in [5.41, 5.74) is 1.67. The molecule has 2 atom stereocenters. The number of alkyl halides is 1. The zero-order chi connectivity index (χ0) is 13.9. The number of hydrogen-bond acceptors (Lipinski definition) is 3. The molecule has 0 aliphatic rings. The van der Waals surface area contributed by atoms with Crippen molar-refractivity contribution in [2.45, 2.75) is 31.2 Å². The Balaban J connectivity index is 3.33. The fourth-order valence-corrected chi connectivity index (χ4v) is 2.08. The smallest absolute Gasteiger partial charge is 0.337 e. The number of aryl methyl sites for hydroxylation is 1. The van der Waals surface area contributed by atoms with E-state index in [-0.39, 0.29) is 11.3 Å². The normalized spacial score (nSPS) is 14.0. The van der Waals surface area contributed by atoms with E-state index in [1.807, 2.05) is 13.0 Å². The van der Waals surface area contributed by atoms with Crippen LogP contribution in [0.4, 0.5) is 0 Å². The summed E-state index contributed by atoms with van der Waals surface area (Å²) in [4.78, 5) is 21.7. The molecule has 4 nitrogen and oxygen atoms in total. The molecule has 0 radical (unpaired) electrons. The first-order valence-corrected chi connectivity index (χ1v) is 6.48. The second kappa shape index (κ2) is 6.11. The first kappa shape index (κ1) is 14.9. The highest BCUT2D eigenvalue weighted by Gasteiger charge is 2.24. The lowest BCUT2D eigenvalue weighted by atomic mass is 9.95. The number of carbonyl (C=O) groups is 2. The van der Waals surface area contributed by atoms with Crippen LogP contribution in [-0.2, 0) is 16.0 Å². The van der Waals surface area contributed by atoms with Crippen LogP contribution in [0.1, 0.15) is 41.5 Å². The average molecular weight is 315 g/mol. The van der Waals surface area contributed by atoms with Crippen LogP contribution in [0, 0.1) is 0 Å². The summed E-state index contributed by atoms with van der Waals surface area (Å²) < 4.78 is 0. The molecule has 2 N–H and O–H groups in total. The van der Waals surface area contributed by atoms with Gasteiger partial charge < -0.3 is 10.2 Å². The molecular weight excluding hydrogens is 300 g/mol. The Morgan fingerprint density at radius 1 is 1.33 bits per heavy atom. The van der Waals surface area contributed by atoms with E-state index in [4.69, 9.17) is 5.11 Å². The Hall–Kier alpha value is -1.20. The van der Waals surface area contributed by atoms with E-state index in [9.17, 15) is 14.7 Å². The number of ketones is 1. The van der Waals surface area contributed by atoms with Crippen molar-refractivity contribution in [3.63, 3.8) is 0 Å². The molecule has 0 aliphatic carbocycles. The summed E-state index contributed by atoms with van der Waals surface area (Å²) in [5.74, 6) is -1.47. The Morgan fingerprint density at radius 3 is 2.39 bits per heavy atom. The van der Waals surface area contributed by atoms with Crippen molar-refractivity contribution >= 4 is 27.7 Å². The van der Waals surface area contributed by atoms with Crippen molar-refractivity contribution in [2.75, 3.05) is 0 Å². The Kier molecular flexibility index (Phi) is 5.04. The predicted molar refractivity (Wildman–Crippen MR) is 70.8 cm³/mol. The minimum Gasteiger partial charge on any atom is -0.479 e. The third-order valence-corrected chi connectivity index (χ3v) is 3.86. The van der Waals surface area contributed by atoms with Crippen LogP contribution >= 0.6 is 15.9 Å². The molecule has 0 bridgehead atoms. The third-order valence-electron chi connectivity index (χ3n) is 2.72. The van der Waals surface area contributed by atoms with Gasteiger partial charge in [-0.15, -0.1) is 0 Å². The Bertz CT molecular complexity index is 470. The lowest BCUT2D eigenvalue weighted by Gasteiger charge is -2.16. The number of aliphatic hydroxyl groups is 1.